The van der Waals surface area contributed by atoms with Crippen molar-refractivity contribution in [1.82, 2.24) is 5.32 Å². The fourth-order valence-electron chi connectivity index (χ4n) is 2.52. The summed E-state index contributed by atoms with van der Waals surface area (Å²) in [5.74, 6) is 0. The summed E-state index contributed by atoms with van der Waals surface area (Å²) in [6, 6.07) is 0.409. The average Bonchev–Trinajstić information content (AvgIpc) is 2.40. The second kappa shape index (κ2) is 12.6. The van der Waals surface area contributed by atoms with E-state index in [0.29, 0.717) is 6.04 Å². The van der Waals surface area contributed by atoms with Crippen LogP contribution in [0.2, 0.25) is 0 Å². The lowest BCUT2D eigenvalue weighted by atomic mass is 9.95. The van der Waals surface area contributed by atoms with Gasteiger partial charge in [0.05, 0.1) is 6.61 Å². The van der Waals surface area contributed by atoms with Gasteiger partial charge in [-0.25, -0.2) is 0 Å². The predicted octanol–water partition coefficient (Wildman–Crippen LogP) is 3.89. The van der Waals surface area contributed by atoms with E-state index in [0.717, 1.165) is 32.5 Å². The smallest absolute Gasteiger partial charge is 0.0610 e. The van der Waals surface area contributed by atoms with Crippen LogP contribution in [-0.4, -0.2) is 36.5 Å². The molecule has 0 saturated heterocycles. The minimum atomic E-state index is -0.145. The molecule has 0 aromatic carbocycles. The highest BCUT2D eigenvalue weighted by Crippen LogP contribution is 2.14. The fraction of sp³-hybridized carbons (Fsp3) is 1.00. The van der Waals surface area contributed by atoms with Crippen LogP contribution in [0.5, 0.6) is 0 Å². The predicted molar refractivity (Wildman–Crippen MR) is 87.2 cm³/mol. The maximum atomic E-state index is 9.48. The highest BCUT2D eigenvalue weighted by atomic mass is 16.5. The minimum Gasteiger partial charge on any atom is -0.394 e. The molecule has 1 atom stereocenters. The van der Waals surface area contributed by atoms with Crippen molar-refractivity contribution in [2.45, 2.75) is 90.6 Å². The lowest BCUT2D eigenvalue weighted by Gasteiger charge is -2.31. The van der Waals surface area contributed by atoms with Crippen LogP contribution in [0.4, 0.5) is 0 Å². The first-order valence-electron chi connectivity index (χ1n) is 8.50. The Balaban J connectivity index is 3.42. The Bertz CT molecular complexity index is 209. The second-order valence-electron chi connectivity index (χ2n) is 6.50. The number of hydrogen-bond donors (Lipinski definition) is 2. The van der Waals surface area contributed by atoms with Gasteiger partial charge in [0, 0.05) is 24.8 Å². The van der Waals surface area contributed by atoms with E-state index in [1.165, 1.54) is 32.1 Å². The number of aliphatic hydroxyl groups excluding tert-OH is 1. The Kier molecular flexibility index (Phi) is 12.5. The molecule has 0 aromatic rings. The van der Waals surface area contributed by atoms with Crippen LogP contribution in [-0.2, 0) is 4.74 Å². The van der Waals surface area contributed by atoms with E-state index in [1.807, 2.05) is 0 Å². The molecule has 0 fully saturated rings. The Morgan fingerprint density at radius 1 is 1.00 bits per heavy atom. The van der Waals surface area contributed by atoms with Crippen LogP contribution in [0.25, 0.3) is 0 Å². The Morgan fingerprint density at radius 3 is 2.15 bits per heavy atom. The molecule has 0 saturated carbocycles. The van der Waals surface area contributed by atoms with Crippen molar-refractivity contribution in [2.24, 2.45) is 0 Å². The molecule has 122 valence electrons. The highest BCUT2D eigenvalue weighted by molar-refractivity contribution is 4.83. The van der Waals surface area contributed by atoms with Crippen LogP contribution in [0, 0.1) is 0 Å². The maximum absolute atomic E-state index is 9.48. The molecule has 3 nitrogen and oxygen atoms in total. The molecular formula is C17H37NO2. The zero-order valence-corrected chi connectivity index (χ0v) is 14.2. The van der Waals surface area contributed by atoms with Gasteiger partial charge < -0.3 is 15.2 Å². The van der Waals surface area contributed by atoms with Crippen LogP contribution < -0.4 is 5.32 Å². The van der Waals surface area contributed by atoms with E-state index >= 15 is 0 Å². The van der Waals surface area contributed by atoms with Gasteiger partial charge in [-0.05, 0) is 32.6 Å². The molecule has 0 amide bonds. The summed E-state index contributed by atoms with van der Waals surface area (Å²) in [5, 5.41) is 12.9. The highest BCUT2D eigenvalue weighted by Gasteiger charge is 2.22. The summed E-state index contributed by atoms with van der Waals surface area (Å²) in [6.45, 7) is 10.5. The molecular weight excluding hydrogens is 250 g/mol. The maximum Gasteiger partial charge on any atom is 0.0610 e. The molecule has 0 heterocycles. The van der Waals surface area contributed by atoms with Gasteiger partial charge in [-0.2, -0.15) is 0 Å². The van der Waals surface area contributed by atoms with Gasteiger partial charge in [-0.3, -0.25) is 0 Å². The number of unbranched alkanes of at least 4 members (excludes halogenated alkanes) is 5. The van der Waals surface area contributed by atoms with Crippen LogP contribution >= 0.6 is 0 Å². The first-order chi connectivity index (χ1) is 9.54. The standard InChI is InChI=1S/C17H37NO2/c1-5-6-7-8-10-13-20-14-11-9-12-17(4,15-19)18-16(2)3/h16,18-19H,5-15H2,1-4H3. The van der Waals surface area contributed by atoms with Gasteiger partial charge in [-0.1, -0.05) is 46.5 Å². The van der Waals surface area contributed by atoms with Crippen molar-refractivity contribution >= 4 is 0 Å². The number of nitrogens with one attached hydrogen (secondary N) is 1. The Morgan fingerprint density at radius 2 is 1.60 bits per heavy atom. The lowest BCUT2D eigenvalue weighted by molar-refractivity contribution is 0.117. The summed E-state index contributed by atoms with van der Waals surface area (Å²) < 4.78 is 5.66. The van der Waals surface area contributed by atoms with Gasteiger partial charge in [-0.15, -0.1) is 0 Å². The summed E-state index contributed by atoms with van der Waals surface area (Å²) in [4.78, 5) is 0. The number of aliphatic hydroxyl groups is 1. The molecule has 0 spiro atoms. The van der Waals surface area contributed by atoms with Crippen molar-refractivity contribution in [2.75, 3.05) is 19.8 Å². The Labute approximate surface area is 126 Å². The molecule has 0 aliphatic heterocycles. The molecule has 3 heteroatoms. The van der Waals surface area contributed by atoms with E-state index in [4.69, 9.17) is 4.74 Å². The zero-order valence-electron chi connectivity index (χ0n) is 14.2. The molecule has 0 aliphatic carbocycles. The van der Waals surface area contributed by atoms with Gasteiger partial charge in [0.15, 0.2) is 0 Å². The zero-order chi connectivity index (χ0) is 15.3. The van der Waals surface area contributed by atoms with Crippen LogP contribution in [0.15, 0.2) is 0 Å². The van der Waals surface area contributed by atoms with Crippen molar-refractivity contribution < 1.29 is 9.84 Å². The SMILES string of the molecule is CCCCCCCOCCCCC(C)(CO)NC(C)C. The van der Waals surface area contributed by atoms with Crippen molar-refractivity contribution in [3.05, 3.63) is 0 Å². The molecule has 0 radical (unpaired) electrons. The van der Waals surface area contributed by atoms with Gasteiger partial charge in [0.1, 0.15) is 0 Å². The van der Waals surface area contributed by atoms with Crippen LogP contribution in [0.3, 0.4) is 0 Å². The molecule has 2 N–H and O–H groups in total. The first-order valence-corrected chi connectivity index (χ1v) is 8.50. The monoisotopic (exact) mass is 287 g/mol. The summed E-state index contributed by atoms with van der Waals surface area (Å²) in [7, 11) is 0. The third-order valence-corrected chi connectivity index (χ3v) is 3.65. The largest absolute Gasteiger partial charge is 0.394 e. The number of hydrogen-bond acceptors (Lipinski definition) is 3. The van der Waals surface area contributed by atoms with Crippen molar-refractivity contribution in [3.63, 3.8) is 0 Å². The molecule has 20 heavy (non-hydrogen) atoms. The minimum absolute atomic E-state index is 0.145. The Hall–Kier alpha value is -0.120. The van der Waals surface area contributed by atoms with Crippen molar-refractivity contribution in [1.29, 1.82) is 0 Å². The van der Waals surface area contributed by atoms with Gasteiger partial charge >= 0.3 is 0 Å². The third-order valence-electron chi connectivity index (χ3n) is 3.65. The fourth-order valence-corrected chi connectivity index (χ4v) is 2.52. The van der Waals surface area contributed by atoms with E-state index in [2.05, 4.69) is 33.0 Å². The van der Waals surface area contributed by atoms with Gasteiger partial charge in [0.25, 0.3) is 0 Å². The summed E-state index contributed by atoms with van der Waals surface area (Å²) >= 11 is 0. The topological polar surface area (TPSA) is 41.5 Å². The normalized spacial score (nSPS) is 14.7. The van der Waals surface area contributed by atoms with Crippen LogP contribution in [0.1, 0.15) is 79.1 Å². The van der Waals surface area contributed by atoms with Crippen molar-refractivity contribution in [3.8, 4) is 0 Å². The molecule has 0 aliphatic rings. The molecule has 1 unspecified atom stereocenters. The van der Waals surface area contributed by atoms with E-state index in [1.54, 1.807) is 0 Å². The second-order valence-corrected chi connectivity index (χ2v) is 6.50. The van der Waals surface area contributed by atoms with E-state index in [9.17, 15) is 5.11 Å². The molecule has 0 bridgehead atoms. The number of ether oxygens (including phenoxy) is 1. The van der Waals surface area contributed by atoms with Gasteiger partial charge in [0.2, 0.25) is 0 Å². The van der Waals surface area contributed by atoms with E-state index < -0.39 is 0 Å². The summed E-state index contributed by atoms with van der Waals surface area (Å²) in [5.41, 5.74) is -0.145. The molecule has 0 rings (SSSR count). The quantitative estimate of drug-likeness (QED) is 0.476. The molecule has 0 aromatic heterocycles. The third kappa shape index (κ3) is 11.7. The summed E-state index contributed by atoms with van der Waals surface area (Å²) in [6.07, 6.45) is 9.68. The lowest BCUT2D eigenvalue weighted by Crippen LogP contribution is -2.49. The van der Waals surface area contributed by atoms with E-state index in [-0.39, 0.29) is 12.1 Å². The number of rotatable bonds is 14. The first kappa shape index (κ1) is 19.9. The average molecular weight is 287 g/mol.